The molecule has 0 saturated carbocycles. The molecule has 0 aliphatic carbocycles. The van der Waals surface area contributed by atoms with Crippen molar-refractivity contribution in [2.24, 2.45) is 0 Å². The van der Waals surface area contributed by atoms with Crippen LogP contribution in [0, 0.1) is 0 Å². The number of alkyl carbamates (subject to hydrolysis) is 1. The summed E-state index contributed by atoms with van der Waals surface area (Å²) < 4.78 is 11.1. The number of cyclic esters (lactones) is 1. The summed E-state index contributed by atoms with van der Waals surface area (Å²) in [5, 5.41) is 2.74. The number of ether oxygens (including phenoxy) is 2. The molecule has 1 saturated heterocycles. The molecule has 1 aliphatic heterocycles. The summed E-state index contributed by atoms with van der Waals surface area (Å²) in [4.78, 5) is 10.9. The van der Waals surface area contributed by atoms with Crippen molar-refractivity contribution in [1.82, 2.24) is 5.32 Å². The monoisotopic (exact) mass is 285 g/mol. The molecule has 5 heteroatoms. The van der Waals surface area contributed by atoms with E-state index in [1.807, 2.05) is 18.2 Å². The molecule has 0 spiro atoms. The normalized spacial score (nSPS) is 19.1. The summed E-state index contributed by atoms with van der Waals surface area (Å²) in [5.74, 6) is 0.823. The summed E-state index contributed by atoms with van der Waals surface area (Å²) in [6, 6.07) is 5.84. The zero-order chi connectivity index (χ0) is 11.5. The van der Waals surface area contributed by atoms with E-state index in [-0.39, 0.29) is 12.1 Å². The molecule has 1 amide bonds. The second-order valence-corrected chi connectivity index (χ2v) is 4.52. The number of carbonyl (C=O) groups is 1. The van der Waals surface area contributed by atoms with Gasteiger partial charge in [-0.1, -0.05) is 15.9 Å². The number of carbonyl (C=O) groups excluding carboxylic acids is 1. The van der Waals surface area contributed by atoms with Crippen LogP contribution in [0.1, 0.15) is 5.56 Å². The molecule has 1 aliphatic rings. The molecule has 0 aromatic heterocycles. The maximum atomic E-state index is 10.9. The van der Waals surface area contributed by atoms with Crippen molar-refractivity contribution in [3.63, 3.8) is 0 Å². The highest BCUT2D eigenvalue weighted by Crippen LogP contribution is 2.24. The van der Waals surface area contributed by atoms with E-state index in [1.165, 1.54) is 0 Å². The van der Waals surface area contributed by atoms with Crippen LogP contribution in [0.25, 0.3) is 0 Å². The van der Waals surface area contributed by atoms with Gasteiger partial charge in [0.2, 0.25) is 0 Å². The minimum Gasteiger partial charge on any atom is -0.496 e. The van der Waals surface area contributed by atoms with E-state index >= 15 is 0 Å². The first-order chi connectivity index (χ1) is 7.69. The molecule has 1 fully saturated rings. The molecule has 1 heterocycles. The third kappa shape index (κ3) is 2.47. The largest absolute Gasteiger partial charge is 0.496 e. The Morgan fingerprint density at radius 2 is 2.44 bits per heavy atom. The Morgan fingerprint density at radius 1 is 1.62 bits per heavy atom. The summed E-state index contributed by atoms with van der Waals surface area (Å²) >= 11 is 3.41. The highest BCUT2D eigenvalue weighted by molar-refractivity contribution is 9.10. The molecule has 1 atom stereocenters. The lowest BCUT2D eigenvalue weighted by Crippen LogP contribution is -2.28. The van der Waals surface area contributed by atoms with Crippen LogP contribution in [-0.4, -0.2) is 25.9 Å². The van der Waals surface area contributed by atoms with Gasteiger partial charge in [0.05, 0.1) is 13.2 Å². The van der Waals surface area contributed by atoms with Crippen LogP contribution >= 0.6 is 15.9 Å². The van der Waals surface area contributed by atoms with Crippen LogP contribution in [0.15, 0.2) is 22.7 Å². The second-order valence-electron chi connectivity index (χ2n) is 3.60. The Morgan fingerprint density at radius 3 is 3.06 bits per heavy atom. The molecule has 4 nitrogen and oxygen atoms in total. The van der Waals surface area contributed by atoms with Gasteiger partial charge in [0.25, 0.3) is 0 Å². The van der Waals surface area contributed by atoms with Crippen molar-refractivity contribution in [3.05, 3.63) is 28.2 Å². The predicted octanol–water partition coefficient (Wildman–Crippen LogP) is 2.11. The quantitative estimate of drug-likeness (QED) is 0.925. The first kappa shape index (κ1) is 11.3. The molecule has 0 radical (unpaired) electrons. The Hall–Kier alpha value is -1.23. The van der Waals surface area contributed by atoms with E-state index in [0.717, 1.165) is 15.8 Å². The number of hydrogen-bond donors (Lipinski definition) is 1. The third-order valence-electron chi connectivity index (χ3n) is 2.45. The molecule has 0 bridgehead atoms. The number of halogens is 1. The Bertz CT molecular complexity index is 408. The number of methoxy groups -OCH3 is 1. The van der Waals surface area contributed by atoms with Crippen LogP contribution in [0.3, 0.4) is 0 Å². The summed E-state index contributed by atoms with van der Waals surface area (Å²) in [5.41, 5.74) is 1.05. The van der Waals surface area contributed by atoms with E-state index < -0.39 is 0 Å². The van der Waals surface area contributed by atoms with Gasteiger partial charge in [-0.2, -0.15) is 0 Å². The van der Waals surface area contributed by atoms with Crippen molar-refractivity contribution >= 4 is 22.0 Å². The van der Waals surface area contributed by atoms with Gasteiger partial charge in [-0.25, -0.2) is 4.79 Å². The molecule has 86 valence electrons. The van der Waals surface area contributed by atoms with E-state index in [9.17, 15) is 4.79 Å². The average Bonchev–Trinajstić information content (AvgIpc) is 2.64. The van der Waals surface area contributed by atoms with Gasteiger partial charge in [0.15, 0.2) is 0 Å². The van der Waals surface area contributed by atoms with E-state index in [4.69, 9.17) is 9.47 Å². The molecule has 16 heavy (non-hydrogen) atoms. The van der Waals surface area contributed by atoms with Gasteiger partial charge >= 0.3 is 6.09 Å². The number of amides is 1. The minimum absolute atomic E-state index is 0.0238. The lowest BCUT2D eigenvalue weighted by Gasteiger charge is -2.11. The third-order valence-corrected chi connectivity index (χ3v) is 2.94. The fraction of sp³-hybridized carbons (Fsp3) is 0.364. The maximum Gasteiger partial charge on any atom is 0.407 e. The molecular formula is C11H12BrNO3. The highest BCUT2D eigenvalue weighted by Gasteiger charge is 2.23. The van der Waals surface area contributed by atoms with E-state index in [2.05, 4.69) is 21.2 Å². The van der Waals surface area contributed by atoms with Gasteiger partial charge < -0.3 is 14.8 Å². The highest BCUT2D eigenvalue weighted by atomic mass is 79.9. The Kier molecular flexibility index (Phi) is 3.33. The molecule has 1 N–H and O–H groups in total. The SMILES string of the molecule is COc1ccc(Br)cc1C[C@H]1COC(=O)N1. The zero-order valence-corrected chi connectivity index (χ0v) is 10.4. The van der Waals surface area contributed by atoms with E-state index in [1.54, 1.807) is 7.11 Å². The second kappa shape index (κ2) is 4.74. The van der Waals surface area contributed by atoms with Crippen molar-refractivity contribution in [2.45, 2.75) is 12.5 Å². The van der Waals surface area contributed by atoms with Crippen molar-refractivity contribution in [3.8, 4) is 5.75 Å². The number of benzene rings is 1. The van der Waals surface area contributed by atoms with Gasteiger partial charge in [-0.3, -0.25) is 0 Å². The zero-order valence-electron chi connectivity index (χ0n) is 8.83. The Labute approximate surface area is 102 Å². The topological polar surface area (TPSA) is 47.6 Å². The van der Waals surface area contributed by atoms with Crippen molar-refractivity contribution in [1.29, 1.82) is 0 Å². The van der Waals surface area contributed by atoms with Crippen molar-refractivity contribution in [2.75, 3.05) is 13.7 Å². The summed E-state index contributed by atoms with van der Waals surface area (Å²) in [6.45, 7) is 0.411. The van der Waals surface area contributed by atoms with Crippen LogP contribution in [0.2, 0.25) is 0 Å². The molecule has 1 aromatic carbocycles. The van der Waals surface area contributed by atoms with Gasteiger partial charge in [0, 0.05) is 4.47 Å². The first-order valence-electron chi connectivity index (χ1n) is 4.95. The predicted molar refractivity (Wildman–Crippen MR) is 62.7 cm³/mol. The smallest absolute Gasteiger partial charge is 0.407 e. The summed E-state index contributed by atoms with van der Waals surface area (Å²) in [7, 11) is 1.64. The maximum absolute atomic E-state index is 10.9. The van der Waals surface area contributed by atoms with Gasteiger partial charge in [-0.05, 0) is 30.2 Å². The fourth-order valence-corrected chi connectivity index (χ4v) is 2.12. The van der Waals surface area contributed by atoms with Crippen LogP contribution in [-0.2, 0) is 11.2 Å². The Balaban J connectivity index is 2.13. The van der Waals surface area contributed by atoms with Crippen molar-refractivity contribution < 1.29 is 14.3 Å². The average molecular weight is 286 g/mol. The molecular weight excluding hydrogens is 274 g/mol. The lowest BCUT2D eigenvalue weighted by atomic mass is 10.1. The molecule has 2 rings (SSSR count). The van der Waals surface area contributed by atoms with E-state index in [0.29, 0.717) is 13.0 Å². The fourth-order valence-electron chi connectivity index (χ4n) is 1.71. The first-order valence-corrected chi connectivity index (χ1v) is 5.74. The number of rotatable bonds is 3. The summed E-state index contributed by atoms with van der Waals surface area (Å²) in [6.07, 6.45) is 0.355. The van der Waals surface area contributed by atoms with Crippen LogP contribution < -0.4 is 10.1 Å². The molecule has 0 unspecified atom stereocenters. The molecule has 1 aromatic rings. The standard InChI is InChI=1S/C11H12BrNO3/c1-15-10-3-2-8(12)4-7(10)5-9-6-16-11(14)13-9/h2-4,9H,5-6H2,1H3,(H,13,14)/t9-/m0/s1. The van der Waals surface area contributed by atoms with Crippen LogP contribution in [0.5, 0.6) is 5.75 Å². The van der Waals surface area contributed by atoms with Gasteiger partial charge in [0.1, 0.15) is 12.4 Å². The number of nitrogens with one attached hydrogen (secondary N) is 1. The number of hydrogen-bond acceptors (Lipinski definition) is 3. The lowest BCUT2D eigenvalue weighted by molar-refractivity contribution is 0.177. The van der Waals surface area contributed by atoms with Gasteiger partial charge in [-0.15, -0.1) is 0 Å². The van der Waals surface area contributed by atoms with Crippen LogP contribution in [0.4, 0.5) is 4.79 Å². The minimum atomic E-state index is -0.348.